The summed E-state index contributed by atoms with van der Waals surface area (Å²) in [6, 6.07) is -2.06. The molecule has 6 N–H and O–H groups in total. The molecule has 0 spiro atoms. The van der Waals surface area contributed by atoms with Crippen LogP contribution in [-0.4, -0.2) is 85.7 Å². The summed E-state index contributed by atoms with van der Waals surface area (Å²) in [4.78, 5) is 66.4. The number of primary amides is 1. The number of carbonyl (C=O) groups is 5. The van der Waals surface area contributed by atoms with Gasteiger partial charge in [-0.15, -0.1) is 0 Å². The van der Waals surface area contributed by atoms with Crippen LogP contribution in [0.2, 0.25) is 0 Å². The van der Waals surface area contributed by atoms with E-state index in [9.17, 15) is 32.7 Å². The van der Waals surface area contributed by atoms with Crippen LogP contribution >= 0.6 is 0 Å². The number of Topliss-reactive ketones (excluding diaryl/α,β-unsaturated/α-hetero) is 1. The van der Waals surface area contributed by atoms with E-state index in [2.05, 4.69) is 16.0 Å². The standard InChI is InChI=1S/C28H45N5O7S/c1-27(12-4-2-5-13-27)22(31-26(38)32-28(18-41(39)40)14-6-3-7-15-28)25(37)33-16-8-9-20(33)23(35)29-17-21(34)24(36)30-19-10-11-19/h19-20,22H,2-18H2,1H3,(H,29,35)(H,30,36)(H,39,40)(H2,31,32,38)/p+1/t20-,22+/m0/s1. The van der Waals surface area contributed by atoms with Crippen LogP contribution in [0, 0.1) is 5.41 Å². The highest BCUT2D eigenvalue weighted by atomic mass is 32.2. The number of nitrogens with one attached hydrogen (secondary N) is 3. The van der Waals surface area contributed by atoms with Crippen molar-refractivity contribution in [3.05, 3.63) is 0 Å². The summed E-state index contributed by atoms with van der Waals surface area (Å²) >= 11 is -2.08. The maximum atomic E-state index is 14.1. The number of urea groups is 1. The molecule has 4 aliphatic rings. The Bertz CT molecular complexity index is 1040. The van der Waals surface area contributed by atoms with Crippen molar-refractivity contribution in [1.82, 2.24) is 20.9 Å². The number of likely N-dealkylation sites (tertiary alicyclic amines) is 1. The second kappa shape index (κ2) is 13.7. The molecule has 230 valence electrons. The summed E-state index contributed by atoms with van der Waals surface area (Å²) < 4.78 is 21.4. The van der Waals surface area contributed by atoms with Gasteiger partial charge in [-0.3, -0.25) is 19.7 Å². The first kappa shape index (κ1) is 31.6. The van der Waals surface area contributed by atoms with Gasteiger partial charge in [0.1, 0.15) is 12.1 Å². The van der Waals surface area contributed by atoms with Crippen LogP contribution in [0.1, 0.15) is 96.8 Å². The van der Waals surface area contributed by atoms with Crippen LogP contribution in [0.4, 0.5) is 4.79 Å². The first-order valence-corrected chi connectivity index (χ1v) is 16.5. The van der Waals surface area contributed by atoms with Crippen LogP contribution in [0.3, 0.4) is 0 Å². The van der Waals surface area contributed by atoms with E-state index in [0.29, 0.717) is 32.2 Å². The minimum Gasteiger partial charge on any atom is -0.346 e. The molecule has 0 aromatic rings. The van der Waals surface area contributed by atoms with E-state index < -0.39 is 64.3 Å². The molecule has 3 aliphatic carbocycles. The number of ketones is 1. The number of hydrogen-bond acceptors (Lipinski definition) is 6. The second-order valence-corrected chi connectivity index (χ2v) is 13.7. The predicted octanol–water partition coefficient (Wildman–Crippen LogP) is 0.478. The van der Waals surface area contributed by atoms with Crippen molar-refractivity contribution in [2.45, 2.75) is 120 Å². The van der Waals surface area contributed by atoms with E-state index in [1.165, 1.54) is 10.2 Å². The van der Waals surface area contributed by atoms with Crippen LogP contribution in [-0.2, 0) is 30.3 Å². The third-order valence-electron chi connectivity index (χ3n) is 9.35. The third kappa shape index (κ3) is 8.35. The van der Waals surface area contributed by atoms with Crippen LogP contribution in [0.15, 0.2) is 0 Å². The lowest BCUT2D eigenvalue weighted by molar-refractivity contribution is -0.577. The molecule has 3 atom stereocenters. The molecule has 0 aromatic carbocycles. The molecule has 0 bridgehead atoms. The quantitative estimate of drug-likeness (QED) is 0.170. The van der Waals surface area contributed by atoms with Crippen LogP contribution < -0.4 is 21.3 Å². The van der Waals surface area contributed by atoms with Crippen molar-refractivity contribution in [2.75, 3.05) is 18.8 Å². The smallest absolute Gasteiger partial charge is 0.346 e. The monoisotopic (exact) mass is 596 g/mol. The molecule has 12 nitrogen and oxygen atoms in total. The van der Waals surface area contributed by atoms with E-state index in [-0.39, 0.29) is 17.7 Å². The Kier molecular flexibility index (Phi) is 10.6. The summed E-state index contributed by atoms with van der Waals surface area (Å²) in [5, 5.41) is 9.88. The lowest BCUT2D eigenvalue weighted by Gasteiger charge is -2.43. The third-order valence-corrected chi connectivity index (χ3v) is 10.1. The van der Waals surface area contributed by atoms with Gasteiger partial charge in [-0.2, -0.15) is 0 Å². The molecule has 1 aliphatic heterocycles. The molecule has 0 aromatic heterocycles. The van der Waals surface area contributed by atoms with Gasteiger partial charge >= 0.3 is 11.9 Å². The number of amides is 5. The molecule has 0 radical (unpaired) electrons. The fourth-order valence-electron chi connectivity index (χ4n) is 6.77. The molecular weight excluding hydrogens is 550 g/mol. The molecular formula is C28H46N5O7S+. The largest absolute Gasteiger partial charge is 0.380 e. The van der Waals surface area contributed by atoms with E-state index in [1.54, 1.807) is 0 Å². The van der Waals surface area contributed by atoms with Gasteiger partial charge in [0.15, 0.2) is 11.1 Å². The van der Waals surface area contributed by atoms with Gasteiger partial charge in [-0.1, -0.05) is 45.4 Å². The first-order valence-electron chi connectivity index (χ1n) is 15.2. The summed E-state index contributed by atoms with van der Waals surface area (Å²) in [5.74, 6) is -2.15. The first-order chi connectivity index (χ1) is 19.5. The average Bonchev–Trinajstić information content (AvgIpc) is 3.60. The van der Waals surface area contributed by atoms with E-state index >= 15 is 0 Å². The highest BCUT2D eigenvalue weighted by Crippen LogP contribution is 2.40. The SMILES string of the molecule is CC1([C@H](NC(=O)NC2(CS(=O)O)CCCCC2)C(=O)N2CCC[C@H]2C(=O)NCC(=O)C(=O)[NH2+]C2CC2)CCCCC1. The highest BCUT2D eigenvalue weighted by molar-refractivity contribution is 7.79. The number of nitrogens with zero attached hydrogens (tertiary/aromatic N) is 1. The van der Waals surface area contributed by atoms with Gasteiger partial charge in [0, 0.05) is 19.4 Å². The molecule has 41 heavy (non-hydrogen) atoms. The number of carbonyl (C=O) groups excluding carboxylic acids is 5. The van der Waals surface area contributed by atoms with Gasteiger partial charge in [0.2, 0.25) is 11.8 Å². The van der Waals surface area contributed by atoms with E-state index in [0.717, 1.165) is 64.2 Å². The predicted molar refractivity (Wildman–Crippen MR) is 151 cm³/mol. The summed E-state index contributed by atoms with van der Waals surface area (Å²) in [7, 11) is 0. The number of quaternary nitrogens is 1. The molecule has 3 saturated carbocycles. The zero-order valence-corrected chi connectivity index (χ0v) is 24.9. The van der Waals surface area contributed by atoms with Crippen molar-refractivity contribution in [3.8, 4) is 0 Å². The van der Waals surface area contributed by atoms with Crippen molar-refractivity contribution < 1.29 is 38.1 Å². The molecule has 1 heterocycles. The van der Waals surface area contributed by atoms with Gasteiger partial charge in [-0.05, 0) is 43.9 Å². The van der Waals surface area contributed by atoms with Crippen molar-refractivity contribution in [3.63, 3.8) is 0 Å². The Morgan fingerprint density at radius 1 is 0.951 bits per heavy atom. The van der Waals surface area contributed by atoms with Gasteiger partial charge in [0.25, 0.3) is 5.78 Å². The van der Waals surface area contributed by atoms with E-state index in [4.69, 9.17) is 0 Å². The molecule has 13 heteroatoms. The lowest BCUT2D eigenvalue weighted by atomic mass is 9.70. The molecule has 1 unspecified atom stereocenters. The highest BCUT2D eigenvalue weighted by Gasteiger charge is 2.47. The minimum atomic E-state index is -2.08. The van der Waals surface area contributed by atoms with Crippen molar-refractivity contribution in [1.29, 1.82) is 0 Å². The van der Waals surface area contributed by atoms with Crippen molar-refractivity contribution >= 4 is 40.6 Å². The summed E-state index contributed by atoms with van der Waals surface area (Å²) in [6.45, 7) is 1.94. The number of hydrogen-bond donors (Lipinski definition) is 5. The van der Waals surface area contributed by atoms with Gasteiger partial charge < -0.3 is 25.4 Å². The maximum absolute atomic E-state index is 14.1. The normalized spacial score (nSPS) is 25.0. The Labute approximate surface area is 244 Å². The van der Waals surface area contributed by atoms with Gasteiger partial charge in [-0.25, -0.2) is 13.8 Å². The number of nitrogens with two attached hydrogens (primary N) is 1. The zero-order valence-electron chi connectivity index (χ0n) is 24.1. The topological polar surface area (TPSA) is 179 Å². The summed E-state index contributed by atoms with van der Waals surface area (Å²) in [5.41, 5.74) is -1.32. The van der Waals surface area contributed by atoms with Crippen LogP contribution in [0.5, 0.6) is 0 Å². The van der Waals surface area contributed by atoms with Crippen molar-refractivity contribution in [2.24, 2.45) is 5.41 Å². The minimum absolute atomic E-state index is 0.0652. The lowest BCUT2D eigenvalue weighted by Crippen LogP contribution is -2.91. The molecule has 5 amide bonds. The Hall–Kier alpha value is -2.38. The fraction of sp³-hybridized carbons (Fsp3) is 0.821. The molecule has 4 fully saturated rings. The second-order valence-electron chi connectivity index (χ2n) is 12.8. The number of rotatable bonds is 11. The Balaban J connectivity index is 1.44. The molecule has 1 saturated heterocycles. The maximum Gasteiger partial charge on any atom is 0.380 e. The average molecular weight is 597 g/mol. The Morgan fingerprint density at radius 3 is 2.20 bits per heavy atom. The fourth-order valence-corrected chi connectivity index (χ4v) is 7.61. The zero-order chi connectivity index (χ0) is 29.6. The Morgan fingerprint density at radius 2 is 1.59 bits per heavy atom. The van der Waals surface area contributed by atoms with Crippen LogP contribution in [0.25, 0.3) is 0 Å². The van der Waals surface area contributed by atoms with E-state index in [1.807, 2.05) is 6.92 Å². The summed E-state index contributed by atoms with van der Waals surface area (Å²) in [6.07, 6.45) is 11.1. The molecule has 4 rings (SSSR count). The van der Waals surface area contributed by atoms with Gasteiger partial charge in [0.05, 0.1) is 23.9 Å².